The molecule has 3 rings (SSSR count). The molecule has 0 atom stereocenters. The number of oxazole rings is 1. The number of aryl methyl sites for hydroxylation is 1. The first-order valence-corrected chi connectivity index (χ1v) is 8.26. The largest absolute Gasteiger partial charge is 0.489 e. The molecule has 5 heteroatoms. The molecule has 0 aliphatic carbocycles. The minimum atomic E-state index is 0.186. The van der Waals surface area contributed by atoms with Gasteiger partial charge in [-0.05, 0) is 32.9 Å². The second-order valence-corrected chi connectivity index (χ2v) is 6.28. The second-order valence-electron chi connectivity index (χ2n) is 6.28. The Bertz CT molecular complexity index is 631. The molecule has 0 spiro atoms. The predicted octanol–water partition coefficient (Wildman–Crippen LogP) is 3.09. The average Bonchev–Trinajstić information content (AvgIpc) is 2.93. The molecule has 0 unspecified atom stereocenters. The number of anilines is 1. The van der Waals surface area contributed by atoms with E-state index in [0.717, 1.165) is 50.1 Å². The molecule has 1 fully saturated rings. The molecule has 0 saturated carbocycles. The van der Waals surface area contributed by atoms with Gasteiger partial charge in [0.05, 0.1) is 24.0 Å². The van der Waals surface area contributed by atoms with Crippen LogP contribution in [0.25, 0.3) is 0 Å². The van der Waals surface area contributed by atoms with Gasteiger partial charge in [-0.25, -0.2) is 4.98 Å². The highest BCUT2D eigenvalue weighted by Gasteiger charge is 2.21. The van der Waals surface area contributed by atoms with E-state index in [2.05, 4.69) is 46.8 Å². The number of para-hydroxylation sites is 2. The summed E-state index contributed by atoms with van der Waals surface area (Å²) < 4.78 is 11.4. The van der Waals surface area contributed by atoms with Crippen LogP contribution in [0.15, 0.2) is 34.9 Å². The van der Waals surface area contributed by atoms with Crippen LogP contribution >= 0.6 is 0 Å². The molecule has 2 heterocycles. The Balaban J connectivity index is 1.60. The first kappa shape index (κ1) is 15.9. The van der Waals surface area contributed by atoms with Gasteiger partial charge in [-0.15, -0.1) is 0 Å². The van der Waals surface area contributed by atoms with E-state index in [4.69, 9.17) is 9.15 Å². The molecule has 23 heavy (non-hydrogen) atoms. The zero-order valence-electron chi connectivity index (χ0n) is 14.2. The minimum absolute atomic E-state index is 0.186. The molecule has 0 radical (unpaired) electrons. The van der Waals surface area contributed by atoms with Crippen LogP contribution in [-0.4, -0.2) is 42.2 Å². The first-order chi connectivity index (χ1) is 11.1. The molecule has 1 aliphatic heterocycles. The van der Waals surface area contributed by atoms with E-state index < -0.39 is 0 Å². The van der Waals surface area contributed by atoms with E-state index in [1.165, 1.54) is 5.69 Å². The van der Waals surface area contributed by atoms with Gasteiger partial charge in [0.2, 0.25) is 5.89 Å². The third-order valence-corrected chi connectivity index (χ3v) is 3.97. The summed E-state index contributed by atoms with van der Waals surface area (Å²) in [4.78, 5) is 9.17. The number of benzene rings is 1. The number of piperazine rings is 1. The van der Waals surface area contributed by atoms with E-state index >= 15 is 0 Å². The van der Waals surface area contributed by atoms with Crippen molar-refractivity contribution in [3.63, 3.8) is 0 Å². The summed E-state index contributed by atoms with van der Waals surface area (Å²) >= 11 is 0. The van der Waals surface area contributed by atoms with Crippen molar-refractivity contribution in [3.8, 4) is 5.75 Å². The Labute approximate surface area is 137 Å². The van der Waals surface area contributed by atoms with Crippen LogP contribution in [0.4, 0.5) is 5.69 Å². The summed E-state index contributed by atoms with van der Waals surface area (Å²) in [6.07, 6.45) is 1.90. The maximum Gasteiger partial charge on any atom is 0.208 e. The number of nitrogens with zero attached hydrogens (tertiary/aromatic N) is 3. The predicted molar refractivity (Wildman–Crippen MR) is 90.9 cm³/mol. The van der Waals surface area contributed by atoms with Gasteiger partial charge in [-0.3, -0.25) is 4.90 Å². The van der Waals surface area contributed by atoms with Crippen LogP contribution in [0.1, 0.15) is 25.4 Å². The lowest BCUT2D eigenvalue weighted by Gasteiger charge is -2.36. The summed E-state index contributed by atoms with van der Waals surface area (Å²) in [6, 6.07) is 8.30. The Morgan fingerprint density at radius 2 is 1.91 bits per heavy atom. The molecule has 0 bridgehead atoms. The molecular formula is C18H25N3O2. The minimum Gasteiger partial charge on any atom is -0.489 e. The van der Waals surface area contributed by atoms with Gasteiger partial charge in [0.25, 0.3) is 0 Å². The van der Waals surface area contributed by atoms with Gasteiger partial charge in [0.1, 0.15) is 12.0 Å². The third-order valence-electron chi connectivity index (χ3n) is 3.97. The zero-order valence-corrected chi connectivity index (χ0v) is 14.2. The highest BCUT2D eigenvalue weighted by atomic mass is 16.5. The van der Waals surface area contributed by atoms with E-state index in [1.54, 1.807) is 6.26 Å². The monoisotopic (exact) mass is 315 g/mol. The van der Waals surface area contributed by atoms with Crippen molar-refractivity contribution in [3.05, 3.63) is 42.1 Å². The van der Waals surface area contributed by atoms with Crippen molar-refractivity contribution in [2.45, 2.75) is 33.4 Å². The molecule has 1 saturated heterocycles. The topological polar surface area (TPSA) is 41.7 Å². The molecule has 2 aromatic rings. The van der Waals surface area contributed by atoms with Gasteiger partial charge in [-0.2, -0.15) is 0 Å². The van der Waals surface area contributed by atoms with Crippen molar-refractivity contribution in [2.24, 2.45) is 0 Å². The van der Waals surface area contributed by atoms with Crippen LogP contribution in [0.2, 0.25) is 0 Å². The molecule has 1 aromatic heterocycles. The Hall–Kier alpha value is -2.01. The molecule has 0 amide bonds. The van der Waals surface area contributed by atoms with Gasteiger partial charge >= 0.3 is 0 Å². The van der Waals surface area contributed by atoms with Gasteiger partial charge in [0, 0.05) is 26.2 Å². The quantitative estimate of drug-likeness (QED) is 0.848. The lowest BCUT2D eigenvalue weighted by Crippen LogP contribution is -2.46. The first-order valence-electron chi connectivity index (χ1n) is 8.26. The lowest BCUT2D eigenvalue weighted by atomic mass is 10.2. The van der Waals surface area contributed by atoms with Crippen molar-refractivity contribution in [2.75, 3.05) is 31.1 Å². The van der Waals surface area contributed by atoms with E-state index in [0.29, 0.717) is 0 Å². The Morgan fingerprint density at radius 3 is 2.57 bits per heavy atom. The van der Waals surface area contributed by atoms with Gasteiger partial charge in [-0.1, -0.05) is 12.1 Å². The Kier molecular flexibility index (Phi) is 4.86. The number of aromatic nitrogens is 1. The molecule has 1 aliphatic rings. The Morgan fingerprint density at radius 1 is 1.17 bits per heavy atom. The number of ether oxygens (including phenoxy) is 1. The van der Waals surface area contributed by atoms with Crippen LogP contribution in [-0.2, 0) is 6.54 Å². The molecule has 1 aromatic carbocycles. The number of hydrogen-bond donors (Lipinski definition) is 0. The van der Waals surface area contributed by atoms with Crippen LogP contribution in [0, 0.1) is 6.92 Å². The van der Waals surface area contributed by atoms with Crippen molar-refractivity contribution >= 4 is 5.69 Å². The highest BCUT2D eigenvalue weighted by Crippen LogP contribution is 2.29. The van der Waals surface area contributed by atoms with E-state index in [1.807, 2.05) is 13.0 Å². The second kappa shape index (κ2) is 7.04. The number of rotatable bonds is 5. The summed E-state index contributed by atoms with van der Waals surface area (Å²) in [7, 11) is 0. The zero-order chi connectivity index (χ0) is 16.2. The lowest BCUT2D eigenvalue weighted by molar-refractivity contribution is 0.222. The van der Waals surface area contributed by atoms with Crippen LogP contribution < -0.4 is 9.64 Å². The van der Waals surface area contributed by atoms with E-state index in [9.17, 15) is 0 Å². The molecule has 0 N–H and O–H groups in total. The maximum atomic E-state index is 5.94. The summed E-state index contributed by atoms with van der Waals surface area (Å²) in [5.74, 6) is 1.78. The number of hydrogen-bond acceptors (Lipinski definition) is 5. The van der Waals surface area contributed by atoms with Crippen LogP contribution in [0.5, 0.6) is 5.75 Å². The molecule has 5 nitrogen and oxygen atoms in total. The molecular weight excluding hydrogens is 290 g/mol. The fourth-order valence-corrected chi connectivity index (χ4v) is 2.89. The average molecular weight is 315 g/mol. The third kappa shape index (κ3) is 4.05. The van der Waals surface area contributed by atoms with Crippen molar-refractivity contribution in [1.82, 2.24) is 9.88 Å². The smallest absolute Gasteiger partial charge is 0.208 e. The summed E-state index contributed by atoms with van der Waals surface area (Å²) in [5, 5.41) is 0. The molecule has 124 valence electrons. The van der Waals surface area contributed by atoms with E-state index in [-0.39, 0.29) is 6.10 Å². The normalized spacial score (nSPS) is 16.1. The van der Waals surface area contributed by atoms with Crippen LogP contribution in [0.3, 0.4) is 0 Å². The fraction of sp³-hybridized carbons (Fsp3) is 0.500. The SMILES string of the molecule is Cc1coc(CN2CCN(c3ccccc3OC(C)C)CC2)n1. The van der Waals surface area contributed by atoms with Crippen molar-refractivity contribution in [1.29, 1.82) is 0 Å². The highest BCUT2D eigenvalue weighted by molar-refractivity contribution is 5.58. The maximum absolute atomic E-state index is 5.94. The van der Waals surface area contributed by atoms with Crippen molar-refractivity contribution < 1.29 is 9.15 Å². The standard InChI is InChI=1S/C18H25N3O2/c1-14(2)23-17-7-5-4-6-16(17)21-10-8-20(9-11-21)12-18-19-15(3)13-22-18/h4-7,13-14H,8-12H2,1-3H3. The summed E-state index contributed by atoms with van der Waals surface area (Å²) in [5.41, 5.74) is 2.13. The van der Waals surface area contributed by atoms with Gasteiger partial charge in [0.15, 0.2) is 0 Å². The summed E-state index contributed by atoms with van der Waals surface area (Å²) in [6.45, 7) is 10.8. The van der Waals surface area contributed by atoms with Gasteiger partial charge < -0.3 is 14.1 Å². The fourth-order valence-electron chi connectivity index (χ4n) is 2.89.